The monoisotopic (exact) mass is 303 g/mol. The highest BCUT2D eigenvalue weighted by Crippen LogP contribution is 2.29. The summed E-state index contributed by atoms with van der Waals surface area (Å²) in [6.07, 6.45) is 3.22. The van der Waals surface area contributed by atoms with Gasteiger partial charge in [-0.15, -0.1) is 0 Å². The van der Waals surface area contributed by atoms with E-state index in [1.54, 1.807) is 4.90 Å². The Morgan fingerprint density at radius 1 is 1.24 bits per heavy atom. The van der Waals surface area contributed by atoms with Gasteiger partial charge in [0, 0.05) is 23.6 Å². The Kier molecular flexibility index (Phi) is 4.02. The van der Waals surface area contributed by atoms with E-state index in [1.807, 2.05) is 43.4 Å². The molecule has 0 N–H and O–H groups in total. The molecular weight excluding hydrogens is 286 g/mol. The number of hydrogen-bond donors (Lipinski definition) is 0. The van der Waals surface area contributed by atoms with Crippen LogP contribution >= 0.6 is 11.6 Å². The summed E-state index contributed by atoms with van der Waals surface area (Å²) in [4.78, 5) is 13.9. The van der Waals surface area contributed by atoms with Crippen LogP contribution in [0.4, 0.5) is 0 Å². The molecule has 0 saturated heterocycles. The molecule has 1 aliphatic carbocycles. The molecule has 3 nitrogen and oxygen atoms in total. The van der Waals surface area contributed by atoms with E-state index in [9.17, 15) is 4.79 Å². The molecule has 1 aromatic carbocycles. The number of hydrogen-bond acceptors (Lipinski definition) is 2. The van der Waals surface area contributed by atoms with Crippen LogP contribution in [0.3, 0.4) is 0 Å². The summed E-state index contributed by atoms with van der Waals surface area (Å²) in [5.74, 6) is 2.05. The zero-order chi connectivity index (χ0) is 14.8. The maximum absolute atomic E-state index is 12.1. The zero-order valence-corrected chi connectivity index (χ0v) is 12.8. The molecule has 110 valence electrons. The average Bonchev–Trinajstić information content (AvgIpc) is 2.86. The highest BCUT2D eigenvalue weighted by molar-refractivity contribution is 6.30. The van der Waals surface area contributed by atoms with Crippen LogP contribution in [0.25, 0.3) is 11.3 Å². The van der Waals surface area contributed by atoms with Gasteiger partial charge in [0.15, 0.2) is 0 Å². The second kappa shape index (κ2) is 5.94. The molecule has 2 aromatic rings. The van der Waals surface area contributed by atoms with Crippen LogP contribution in [0.2, 0.25) is 5.02 Å². The van der Waals surface area contributed by atoms with Gasteiger partial charge in [-0.25, -0.2) is 0 Å². The Morgan fingerprint density at radius 2 is 1.95 bits per heavy atom. The maximum Gasteiger partial charge on any atom is 0.225 e. The summed E-state index contributed by atoms with van der Waals surface area (Å²) >= 11 is 5.88. The number of halogens is 1. The maximum atomic E-state index is 12.1. The molecule has 3 rings (SSSR count). The first-order valence-corrected chi connectivity index (χ1v) is 7.61. The van der Waals surface area contributed by atoms with E-state index in [4.69, 9.17) is 16.0 Å². The van der Waals surface area contributed by atoms with Crippen LogP contribution in [0, 0.1) is 5.92 Å². The normalized spacial score (nSPS) is 14.8. The predicted octanol–water partition coefficient (Wildman–Crippen LogP) is 4.36. The van der Waals surface area contributed by atoms with Gasteiger partial charge >= 0.3 is 0 Å². The van der Waals surface area contributed by atoms with Crippen LogP contribution in [-0.2, 0) is 11.3 Å². The van der Waals surface area contributed by atoms with Crippen molar-refractivity contribution in [3.63, 3.8) is 0 Å². The lowest BCUT2D eigenvalue weighted by molar-refractivity contribution is -0.137. The van der Waals surface area contributed by atoms with Gasteiger partial charge in [-0.05, 0) is 49.2 Å². The summed E-state index contributed by atoms with van der Waals surface area (Å²) in [6, 6.07) is 11.4. The first-order chi connectivity index (χ1) is 10.1. The van der Waals surface area contributed by atoms with E-state index in [0.717, 1.165) is 29.9 Å². The molecule has 1 heterocycles. The Morgan fingerprint density at radius 3 is 2.57 bits per heavy atom. The summed E-state index contributed by atoms with van der Waals surface area (Å²) in [6.45, 7) is 0.517. The Balaban J connectivity index is 1.67. The zero-order valence-electron chi connectivity index (χ0n) is 12.0. The van der Waals surface area contributed by atoms with Gasteiger partial charge in [0.05, 0.1) is 6.54 Å². The van der Waals surface area contributed by atoms with Crippen LogP contribution < -0.4 is 0 Å². The molecular formula is C17H18ClNO2. The Hall–Kier alpha value is -1.74. The second-order valence-corrected chi connectivity index (χ2v) is 6.03. The summed E-state index contributed by atoms with van der Waals surface area (Å²) < 4.78 is 5.82. The van der Waals surface area contributed by atoms with E-state index in [-0.39, 0.29) is 11.8 Å². The lowest BCUT2D eigenvalue weighted by atomic mass is 9.84. The minimum Gasteiger partial charge on any atom is -0.459 e. The fourth-order valence-electron chi connectivity index (χ4n) is 2.51. The SMILES string of the molecule is CN(Cc1ccc(-c2ccc(Cl)cc2)o1)C(=O)C1CCC1. The molecule has 1 aliphatic rings. The van der Waals surface area contributed by atoms with Crippen LogP contribution in [0.1, 0.15) is 25.0 Å². The quantitative estimate of drug-likeness (QED) is 0.841. The minimum absolute atomic E-state index is 0.223. The third-order valence-electron chi connectivity index (χ3n) is 4.01. The van der Waals surface area contributed by atoms with Crippen molar-refractivity contribution in [2.45, 2.75) is 25.8 Å². The van der Waals surface area contributed by atoms with Crippen molar-refractivity contribution in [3.05, 3.63) is 47.2 Å². The Labute approximate surface area is 129 Å². The molecule has 0 radical (unpaired) electrons. The standard InChI is InChI=1S/C17H18ClNO2/c1-19(17(20)13-3-2-4-13)11-15-9-10-16(21-15)12-5-7-14(18)8-6-12/h5-10,13H,2-4,11H2,1H3. The molecule has 0 atom stereocenters. The highest BCUT2D eigenvalue weighted by Gasteiger charge is 2.28. The molecule has 0 bridgehead atoms. The van der Waals surface area contributed by atoms with Gasteiger partial charge in [-0.2, -0.15) is 0 Å². The van der Waals surface area contributed by atoms with E-state index >= 15 is 0 Å². The topological polar surface area (TPSA) is 33.5 Å². The van der Waals surface area contributed by atoms with Gasteiger partial charge in [-0.3, -0.25) is 4.79 Å². The number of furan rings is 1. The highest BCUT2D eigenvalue weighted by atomic mass is 35.5. The molecule has 1 aromatic heterocycles. The molecule has 4 heteroatoms. The third-order valence-corrected chi connectivity index (χ3v) is 4.27. The summed E-state index contributed by atoms with van der Waals surface area (Å²) in [5, 5.41) is 0.705. The fraction of sp³-hybridized carbons (Fsp3) is 0.353. The van der Waals surface area contributed by atoms with Crippen LogP contribution in [0.15, 0.2) is 40.8 Å². The first kappa shape index (κ1) is 14.2. The van der Waals surface area contributed by atoms with Crippen molar-refractivity contribution in [1.29, 1.82) is 0 Å². The molecule has 0 aliphatic heterocycles. The van der Waals surface area contributed by atoms with Gasteiger partial charge in [0.2, 0.25) is 5.91 Å². The predicted molar refractivity (Wildman–Crippen MR) is 83.0 cm³/mol. The molecule has 1 fully saturated rings. The molecule has 21 heavy (non-hydrogen) atoms. The minimum atomic E-state index is 0.223. The lowest BCUT2D eigenvalue weighted by Crippen LogP contribution is -2.35. The molecule has 1 saturated carbocycles. The van der Waals surface area contributed by atoms with Crippen LogP contribution in [-0.4, -0.2) is 17.9 Å². The number of nitrogens with zero attached hydrogens (tertiary/aromatic N) is 1. The fourth-order valence-corrected chi connectivity index (χ4v) is 2.64. The largest absolute Gasteiger partial charge is 0.459 e. The van der Waals surface area contributed by atoms with Crippen molar-refractivity contribution < 1.29 is 9.21 Å². The number of carbonyl (C=O) groups is 1. The van der Waals surface area contributed by atoms with E-state index < -0.39 is 0 Å². The van der Waals surface area contributed by atoms with Crippen molar-refractivity contribution >= 4 is 17.5 Å². The summed E-state index contributed by atoms with van der Waals surface area (Å²) in [5.41, 5.74) is 0.985. The second-order valence-electron chi connectivity index (χ2n) is 5.59. The van der Waals surface area contributed by atoms with Crippen molar-refractivity contribution in [2.24, 2.45) is 5.92 Å². The van der Waals surface area contributed by atoms with Gasteiger partial charge < -0.3 is 9.32 Å². The summed E-state index contributed by atoms with van der Waals surface area (Å²) in [7, 11) is 1.84. The van der Waals surface area contributed by atoms with Gasteiger partial charge in [-0.1, -0.05) is 18.0 Å². The van der Waals surface area contributed by atoms with Gasteiger partial charge in [0.25, 0.3) is 0 Å². The Bertz CT molecular complexity index is 628. The smallest absolute Gasteiger partial charge is 0.225 e. The lowest BCUT2D eigenvalue weighted by Gasteiger charge is -2.28. The van der Waals surface area contributed by atoms with E-state index in [1.165, 1.54) is 6.42 Å². The van der Waals surface area contributed by atoms with Crippen LogP contribution in [0.5, 0.6) is 0 Å². The molecule has 1 amide bonds. The first-order valence-electron chi connectivity index (χ1n) is 7.23. The van der Waals surface area contributed by atoms with Crippen molar-refractivity contribution in [1.82, 2.24) is 4.90 Å². The molecule has 0 unspecified atom stereocenters. The number of amides is 1. The van der Waals surface area contributed by atoms with Crippen molar-refractivity contribution in [3.8, 4) is 11.3 Å². The third kappa shape index (κ3) is 3.13. The molecule has 0 spiro atoms. The van der Waals surface area contributed by atoms with Crippen molar-refractivity contribution in [2.75, 3.05) is 7.05 Å². The average molecular weight is 304 g/mol. The van der Waals surface area contributed by atoms with E-state index in [2.05, 4.69) is 0 Å². The number of carbonyl (C=O) groups excluding carboxylic acids is 1. The van der Waals surface area contributed by atoms with Gasteiger partial charge in [0.1, 0.15) is 11.5 Å². The number of rotatable bonds is 4. The van der Waals surface area contributed by atoms with E-state index in [0.29, 0.717) is 11.6 Å². The number of benzene rings is 1.